The number of methoxy groups -OCH3 is 1. The van der Waals surface area contributed by atoms with Crippen LogP contribution in [0.25, 0.3) is 11.0 Å². The highest BCUT2D eigenvalue weighted by Crippen LogP contribution is 2.41. The second-order valence-corrected chi connectivity index (χ2v) is 20.1. The van der Waals surface area contributed by atoms with Crippen molar-refractivity contribution in [3.05, 3.63) is 106 Å². The van der Waals surface area contributed by atoms with Gasteiger partial charge in [0, 0.05) is 37.7 Å². The molecule has 5 aromatic rings. The Labute approximate surface area is 387 Å². The van der Waals surface area contributed by atoms with E-state index >= 15 is 0 Å². The number of amides is 4. The van der Waals surface area contributed by atoms with E-state index in [9.17, 15) is 37.5 Å². The van der Waals surface area contributed by atoms with Gasteiger partial charge < -0.3 is 19.9 Å². The zero-order valence-corrected chi connectivity index (χ0v) is 38.6. The molecule has 0 radical (unpaired) electrons. The molecule has 17 nitrogen and oxygen atoms in total. The lowest BCUT2D eigenvalue weighted by molar-refractivity contribution is -0.138. The number of fused-ring (bicyclic) bond motifs is 3. The van der Waals surface area contributed by atoms with Gasteiger partial charge in [0.25, 0.3) is 11.8 Å². The van der Waals surface area contributed by atoms with Gasteiger partial charge >= 0.3 is 5.97 Å². The average Bonchev–Trinajstić information content (AvgIpc) is 3.75. The van der Waals surface area contributed by atoms with Crippen molar-refractivity contribution in [2.24, 2.45) is 7.05 Å². The predicted octanol–water partition coefficient (Wildman–Crippen LogP) is 6.18. The van der Waals surface area contributed by atoms with Crippen molar-refractivity contribution in [3.8, 4) is 11.5 Å². The van der Waals surface area contributed by atoms with E-state index in [4.69, 9.17) is 9.47 Å². The number of carboxylic acid groups (broad SMARTS) is 1. The second kappa shape index (κ2) is 18.2. The summed E-state index contributed by atoms with van der Waals surface area (Å²) in [5.74, 6) is -2.75. The zero-order chi connectivity index (χ0) is 47.3. The van der Waals surface area contributed by atoms with Gasteiger partial charge in [-0.05, 0) is 116 Å². The first-order valence-electron chi connectivity index (χ1n) is 22.7. The van der Waals surface area contributed by atoms with Gasteiger partial charge in [-0.25, -0.2) is 13.1 Å². The fourth-order valence-electron chi connectivity index (χ4n) is 10.3. The average molecular weight is 932 g/mol. The van der Waals surface area contributed by atoms with Gasteiger partial charge in [0.15, 0.2) is 0 Å². The van der Waals surface area contributed by atoms with Crippen LogP contribution in [0.15, 0.2) is 71.6 Å². The number of aryl methyl sites for hydroxylation is 2. The molecule has 350 valence electrons. The molecule has 1 saturated heterocycles. The van der Waals surface area contributed by atoms with E-state index in [0.717, 1.165) is 60.1 Å². The maximum absolute atomic E-state index is 14.5. The number of hydrogen-bond acceptors (Lipinski definition) is 12. The number of benzene rings is 4. The van der Waals surface area contributed by atoms with Gasteiger partial charge in [0.1, 0.15) is 39.6 Å². The highest BCUT2D eigenvalue weighted by Gasteiger charge is 2.46. The SMILES string of the molecule is COc1cc([C@@H](CC(=O)O)c2ccc(C)c(CN3C[C@@H](C)Oc4cc(C5CCCC(Nc6cccc7c6C(=O)N(C6CCC(=O)NC6=O)C7=O)CCC5)ccc4S3(=O)=O)c2)cc2nnn(C)c12. The summed E-state index contributed by atoms with van der Waals surface area (Å²) in [5.41, 5.74) is 6.27. The molecule has 3 atom stereocenters. The van der Waals surface area contributed by atoms with Crippen molar-refractivity contribution in [1.29, 1.82) is 0 Å². The lowest BCUT2D eigenvalue weighted by Crippen LogP contribution is -2.54. The van der Waals surface area contributed by atoms with Gasteiger partial charge in [-0.3, -0.25) is 34.2 Å². The minimum atomic E-state index is -4.04. The summed E-state index contributed by atoms with van der Waals surface area (Å²) in [6, 6.07) is 18.8. The van der Waals surface area contributed by atoms with Crippen molar-refractivity contribution in [2.75, 3.05) is 19.0 Å². The van der Waals surface area contributed by atoms with Crippen LogP contribution in [0.5, 0.6) is 11.5 Å². The zero-order valence-electron chi connectivity index (χ0n) is 37.8. The summed E-state index contributed by atoms with van der Waals surface area (Å²) in [4.78, 5) is 64.8. The van der Waals surface area contributed by atoms with Crippen molar-refractivity contribution < 1.29 is 47.0 Å². The molecule has 2 fully saturated rings. The summed E-state index contributed by atoms with van der Waals surface area (Å²) < 4.78 is 44.2. The van der Waals surface area contributed by atoms with Crippen LogP contribution in [-0.4, -0.2) is 99.2 Å². The number of carbonyl (C=O) groups is 5. The first-order chi connectivity index (χ1) is 32.1. The minimum Gasteiger partial charge on any atom is -0.494 e. The summed E-state index contributed by atoms with van der Waals surface area (Å²) in [7, 11) is -0.740. The molecule has 0 spiro atoms. The Balaban J connectivity index is 0.889. The molecule has 1 saturated carbocycles. The molecule has 1 aromatic heterocycles. The number of hydrogen-bond donors (Lipinski definition) is 3. The van der Waals surface area contributed by atoms with E-state index in [1.807, 2.05) is 50.2 Å². The molecule has 67 heavy (non-hydrogen) atoms. The number of piperidine rings is 1. The van der Waals surface area contributed by atoms with Gasteiger partial charge in [-0.15, -0.1) is 5.10 Å². The van der Waals surface area contributed by atoms with E-state index in [-0.39, 0.29) is 60.3 Å². The van der Waals surface area contributed by atoms with Crippen LogP contribution in [0.4, 0.5) is 5.69 Å². The number of anilines is 1. The smallest absolute Gasteiger partial charge is 0.304 e. The van der Waals surface area contributed by atoms with Gasteiger partial charge in [0.05, 0.1) is 31.2 Å². The summed E-state index contributed by atoms with van der Waals surface area (Å²) >= 11 is 0. The molecule has 4 aromatic carbocycles. The van der Waals surface area contributed by atoms with Crippen LogP contribution in [0.2, 0.25) is 0 Å². The maximum Gasteiger partial charge on any atom is 0.304 e. The Morgan fingerprint density at radius 2 is 1.75 bits per heavy atom. The maximum atomic E-state index is 14.5. The Kier molecular flexibility index (Phi) is 12.4. The number of aromatic nitrogens is 3. The molecule has 0 bridgehead atoms. The molecule has 4 amide bonds. The molecule has 4 heterocycles. The predicted molar refractivity (Wildman–Crippen MR) is 245 cm³/mol. The van der Waals surface area contributed by atoms with Crippen LogP contribution < -0.4 is 20.1 Å². The van der Waals surface area contributed by atoms with E-state index in [1.165, 1.54) is 11.4 Å². The molecule has 3 aliphatic heterocycles. The first kappa shape index (κ1) is 45.5. The van der Waals surface area contributed by atoms with Crippen LogP contribution >= 0.6 is 0 Å². The summed E-state index contributed by atoms with van der Waals surface area (Å²) in [5, 5.41) is 24.2. The van der Waals surface area contributed by atoms with E-state index in [1.54, 1.807) is 42.1 Å². The van der Waals surface area contributed by atoms with Crippen molar-refractivity contribution >= 4 is 56.3 Å². The molecular weight excluding hydrogens is 879 g/mol. The molecule has 3 N–H and O–H groups in total. The van der Waals surface area contributed by atoms with Crippen LogP contribution in [0, 0.1) is 6.92 Å². The van der Waals surface area contributed by atoms with Crippen molar-refractivity contribution in [2.45, 2.75) is 113 Å². The summed E-state index contributed by atoms with van der Waals surface area (Å²) in [6.07, 6.45) is 4.43. The highest BCUT2D eigenvalue weighted by atomic mass is 32.2. The Hall–Kier alpha value is -6.66. The number of rotatable bonds is 11. The number of sulfonamides is 1. The number of nitrogens with one attached hydrogen (secondary N) is 2. The lowest BCUT2D eigenvalue weighted by atomic mass is 9.84. The van der Waals surface area contributed by atoms with Gasteiger partial charge in [-0.1, -0.05) is 48.4 Å². The van der Waals surface area contributed by atoms with E-state index < -0.39 is 57.7 Å². The van der Waals surface area contributed by atoms with Gasteiger partial charge in [0.2, 0.25) is 21.8 Å². The third kappa shape index (κ3) is 8.75. The largest absolute Gasteiger partial charge is 0.494 e. The molecule has 4 aliphatic rings. The number of ether oxygens (including phenoxy) is 2. The normalized spacial score (nSPS) is 22.5. The Morgan fingerprint density at radius 3 is 2.48 bits per heavy atom. The quantitative estimate of drug-likeness (QED) is 0.126. The molecular formula is C49H53N7O10S. The monoisotopic (exact) mass is 931 g/mol. The number of carbonyl (C=O) groups excluding carboxylic acids is 4. The molecule has 1 aliphatic carbocycles. The number of aliphatic carboxylic acids is 1. The van der Waals surface area contributed by atoms with E-state index in [2.05, 4.69) is 20.9 Å². The standard InChI is InChI=1S/C49H53N7O10S/c1-27-14-15-31(36(24-44(58)59)32-21-38-46(41(23-32)65-4)54(3)53-52-38)20-33(27)26-55-25-28(2)66-40-22-30(16-18-42(40)67(55,63)64)29-8-5-10-34(11-6-9-29)50-37-13-7-12-35-45(37)49(62)56(48(35)61)39-17-19-43(57)51-47(39)60/h7,12-16,18,20-23,28-29,34,36,39,50H,5-6,8-11,17,19,24-26H2,1-4H3,(H,58,59)(H,51,57,60)/t28-,29?,34?,36+,39?/m1/s1. The fraction of sp³-hybridized carbons (Fsp3) is 0.408. The van der Waals surface area contributed by atoms with Crippen LogP contribution in [0.1, 0.15) is 125 Å². The van der Waals surface area contributed by atoms with Crippen molar-refractivity contribution in [3.63, 3.8) is 0 Å². The lowest BCUT2D eigenvalue weighted by Gasteiger charge is -2.28. The second-order valence-electron chi connectivity index (χ2n) is 18.1. The molecule has 18 heteroatoms. The van der Waals surface area contributed by atoms with E-state index in [0.29, 0.717) is 39.3 Å². The van der Waals surface area contributed by atoms with Crippen LogP contribution in [0.3, 0.4) is 0 Å². The molecule has 9 rings (SSSR count). The first-order valence-corrected chi connectivity index (χ1v) is 24.2. The summed E-state index contributed by atoms with van der Waals surface area (Å²) in [6.45, 7) is 3.92. The third-order valence-electron chi connectivity index (χ3n) is 13.7. The topological polar surface area (TPSA) is 219 Å². The van der Waals surface area contributed by atoms with Crippen LogP contribution in [-0.2, 0) is 38.0 Å². The molecule has 1 unspecified atom stereocenters. The highest BCUT2D eigenvalue weighted by molar-refractivity contribution is 7.89. The third-order valence-corrected chi connectivity index (χ3v) is 15.5. The minimum absolute atomic E-state index is 0.0248. The fourth-order valence-corrected chi connectivity index (χ4v) is 11.9. The number of imide groups is 2. The van der Waals surface area contributed by atoms with Crippen molar-refractivity contribution in [1.82, 2.24) is 29.5 Å². The number of nitrogens with zero attached hydrogens (tertiary/aromatic N) is 5. The Morgan fingerprint density at radius 1 is 0.970 bits per heavy atom. The Bertz CT molecular complexity index is 2940. The van der Waals surface area contributed by atoms with Gasteiger partial charge in [-0.2, -0.15) is 4.31 Å². The number of carboxylic acids is 1.